The van der Waals surface area contributed by atoms with Crippen LogP contribution in [0.25, 0.3) is 0 Å². The fourth-order valence-corrected chi connectivity index (χ4v) is 1.63. The first kappa shape index (κ1) is 12.4. The molecule has 0 bridgehead atoms. The molecule has 1 aliphatic rings. The first-order chi connectivity index (χ1) is 6.94. The molecule has 1 heterocycles. The number of nitrogens with zero attached hydrogens (tertiary/aromatic N) is 1. The molecule has 5 heteroatoms. The Labute approximate surface area is 90.2 Å². The normalized spacial score (nSPS) is 22.9. The van der Waals surface area contributed by atoms with Crippen molar-refractivity contribution in [1.82, 2.24) is 4.90 Å². The summed E-state index contributed by atoms with van der Waals surface area (Å²) in [6.07, 6.45) is 0.295. The summed E-state index contributed by atoms with van der Waals surface area (Å²) < 4.78 is 5.20. The van der Waals surface area contributed by atoms with Gasteiger partial charge in [-0.1, -0.05) is 0 Å². The van der Waals surface area contributed by atoms with Gasteiger partial charge in [0.2, 0.25) is 5.91 Å². The molecule has 1 rings (SSSR count). The number of amides is 1. The second-order valence-corrected chi connectivity index (χ2v) is 4.66. The molecule has 1 unspecified atom stereocenters. The molecular weight excluding hydrogens is 196 g/mol. The van der Waals surface area contributed by atoms with E-state index < -0.39 is 5.54 Å². The minimum Gasteiger partial charge on any atom is -0.394 e. The highest BCUT2D eigenvalue weighted by atomic mass is 16.5. The Morgan fingerprint density at radius 2 is 2.33 bits per heavy atom. The summed E-state index contributed by atoms with van der Waals surface area (Å²) >= 11 is 0. The van der Waals surface area contributed by atoms with Gasteiger partial charge in [-0.25, -0.2) is 0 Å². The number of hydrogen-bond donors (Lipinski definition) is 2. The second-order valence-electron chi connectivity index (χ2n) is 4.66. The van der Waals surface area contributed by atoms with Gasteiger partial charge in [-0.15, -0.1) is 0 Å². The Kier molecular flexibility index (Phi) is 4.07. The molecule has 15 heavy (non-hydrogen) atoms. The molecule has 0 aromatic rings. The molecule has 1 amide bonds. The zero-order chi connectivity index (χ0) is 11.5. The summed E-state index contributed by atoms with van der Waals surface area (Å²) in [5.41, 5.74) is 5.28. The summed E-state index contributed by atoms with van der Waals surface area (Å²) in [5, 5.41) is 9.10. The Hall–Kier alpha value is -0.650. The fraction of sp³-hybridized carbons (Fsp3) is 0.900. The van der Waals surface area contributed by atoms with Crippen molar-refractivity contribution < 1.29 is 14.6 Å². The van der Waals surface area contributed by atoms with Crippen LogP contribution in [-0.2, 0) is 9.53 Å². The van der Waals surface area contributed by atoms with E-state index in [0.717, 1.165) is 0 Å². The molecule has 0 aromatic carbocycles. The molecule has 1 saturated heterocycles. The molecule has 1 atom stereocenters. The van der Waals surface area contributed by atoms with E-state index in [4.69, 9.17) is 15.6 Å². The number of aliphatic hydroxyl groups is 1. The third-order valence-corrected chi connectivity index (χ3v) is 2.37. The first-order valence-corrected chi connectivity index (χ1v) is 5.21. The van der Waals surface area contributed by atoms with Crippen LogP contribution in [0.1, 0.15) is 20.3 Å². The van der Waals surface area contributed by atoms with Crippen LogP contribution in [0.2, 0.25) is 0 Å². The van der Waals surface area contributed by atoms with Crippen molar-refractivity contribution in [2.24, 2.45) is 5.73 Å². The molecule has 1 fully saturated rings. The van der Waals surface area contributed by atoms with E-state index >= 15 is 0 Å². The summed E-state index contributed by atoms with van der Waals surface area (Å²) in [7, 11) is 0. The monoisotopic (exact) mass is 216 g/mol. The minimum atomic E-state index is -0.505. The van der Waals surface area contributed by atoms with Crippen LogP contribution >= 0.6 is 0 Å². The van der Waals surface area contributed by atoms with E-state index in [-0.39, 0.29) is 18.6 Å². The number of morpholine rings is 1. The molecule has 0 spiro atoms. The topological polar surface area (TPSA) is 75.8 Å². The van der Waals surface area contributed by atoms with Crippen LogP contribution in [0, 0.1) is 0 Å². The van der Waals surface area contributed by atoms with Gasteiger partial charge in [0.1, 0.15) is 0 Å². The summed E-state index contributed by atoms with van der Waals surface area (Å²) in [4.78, 5) is 13.5. The molecule has 0 saturated carbocycles. The largest absolute Gasteiger partial charge is 0.394 e. The average molecular weight is 216 g/mol. The molecule has 0 aliphatic carbocycles. The van der Waals surface area contributed by atoms with Gasteiger partial charge >= 0.3 is 0 Å². The number of carbonyl (C=O) groups is 1. The third kappa shape index (κ3) is 3.77. The number of rotatable bonds is 3. The van der Waals surface area contributed by atoms with Gasteiger partial charge in [-0.3, -0.25) is 4.79 Å². The molecule has 1 aliphatic heterocycles. The zero-order valence-corrected chi connectivity index (χ0v) is 9.40. The highest BCUT2D eigenvalue weighted by Crippen LogP contribution is 2.12. The van der Waals surface area contributed by atoms with E-state index in [1.165, 1.54) is 0 Å². The first-order valence-electron chi connectivity index (χ1n) is 5.21. The smallest absolute Gasteiger partial charge is 0.224 e. The van der Waals surface area contributed by atoms with E-state index in [1.54, 1.807) is 4.90 Å². The van der Waals surface area contributed by atoms with E-state index in [2.05, 4.69) is 0 Å². The Balaban J connectivity index is 2.56. The Morgan fingerprint density at radius 1 is 1.67 bits per heavy atom. The lowest BCUT2D eigenvalue weighted by Crippen LogP contribution is -2.52. The maximum atomic E-state index is 11.9. The number of ether oxygens (including phenoxy) is 1. The molecule has 0 aromatic heterocycles. The summed E-state index contributed by atoms with van der Waals surface area (Å²) in [6, 6.07) is -0.214. The van der Waals surface area contributed by atoms with Crippen LogP contribution in [0.4, 0.5) is 0 Å². The van der Waals surface area contributed by atoms with Crippen LogP contribution < -0.4 is 5.73 Å². The van der Waals surface area contributed by atoms with E-state index in [9.17, 15) is 4.79 Å². The Morgan fingerprint density at radius 3 is 2.87 bits per heavy atom. The van der Waals surface area contributed by atoms with Gasteiger partial charge in [0.05, 0.1) is 25.9 Å². The quantitative estimate of drug-likeness (QED) is 0.656. The molecule has 0 radical (unpaired) electrons. The van der Waals surface area contributed by atoms with Gasteiger partial charge in [0.15, 0.2) is 0 Å². The predicted molar refractivity (Wildman–Crippen MR) is 56.3 cm³/mol. The van der Waals surface area contributed by atoms with Crippen molar-refractivity contribution in [2.75, 3.05) is 26.4 Å². The van der Waals surface area contributed by atoms with Crippen molar-refractivity contribution >= 4 is 5.91 Å². The van der Waals surface area contributed by atoms with Crippen molar-refractivity contribution in [3.8, 4) is 0 Å². The average Bonchev–Trinajstić information content (AvgIpc) is 2.15. The number of aliphatic hydroxyl groups excluding tert-OH is 1. The van der Waals surface area contributed by atoms with Gasteiger partial charge in [-0.2, -0.15) is 0 Å². The van der Waals surface area contributed by atoms with E-state index in [1.807, 2.05) is 13.8 Å². The Bertz CT molecular complexity index is 225. The molecule has 5 nitrogen and oxygen atoms in total. The molecule has 3 N–H and O–H groups in total. The van der Waals surface area contributed by atoms with Crippen molar-refractivity contribution in [3.05, 3.63) is 0 Å². The van der Waals surface area contributed by atoms with Gasteiger partial charge in [0.25, 0.3) is 0 Å². The fourth-order valence-electron chi connectivity index (χ4n) is 1.63. The maximum absolute atomic E-state index is 11.9. The SMILES string of the molecule is CC(C)(N)CC(=O)N1CCOCC1CO. The van der Waals surface area contributed by atoms with Crippen LogP contribution in [-0.4, -0.2) is 53.9 Å². The second kappa shape index (κ2) is 4.92. The minimum absolute atomic E-state index is 0.00940. The van der Waals surface area contributed by atoms with E-state index in [0.29, 0.717) is 26.2 Å². The van der Waals surface area contributed by atoms with Crippen molar-refractivity contribution in [2.45, 2.75) is 31.8 Å². The lowest BCUT2D eigenvalue weighted by atomic mass is 10.0. The van der Waals surface area contributed by atoms with Gasteiger partial charge in [-0.05, 0) is 13.8 Å². The summed E-state index contributed by atoms with van der Waals surface area (Å²) in [5.74, 6) is -0.00940. The number of nitrogens with two attached hydrogens (primary N) is 1. The van der Waals surface area contributed by atoms with Gasteiger partial charge < -0.3 is 20.5 Å². The standard InChI is InChI=1S/C10H20N2O3/c1-10(2,11)5-9(14)12-3-4-15-7-8(12)6-13/h8,13H,3-7,11H2,1-2H3. The lowest BCUT2D eigenvalue weighted by molar-refractivity contribution is -0.142. The maximum Gasteiger partial charge on any atom is 0.224 e. The van der Waals surface area contributed by atoms with Gasteiger partial charge in [0, 0.05) is 18.5 Å². The molecule has 88 valence electrons. The highest BCUT2D eigenvalue weighted by molar-refractivity contribution is 5.77. The van der Waals surface area contributed by atoms with Crippen LogP contribution in [0.15, 0.2) is 0 Å². The van der Waals surface area contributed by atoms with Crippen LogP contribution in [0.3, 0.4) is 0 Å². The van der Waals surface area contributed by atoms with Crippen molar-refractivity contribution in [1.29, 1.82) is 0 Å². The highest BCUT2D eigenvalue weighted by Gasteiger charge is 2.29. The number of carbonyl (C=O) groups excluding carboxylic acids is 1. The zero-order valence-electron chi connectivity index (χ0n) is 9.40. The number of hydrogen-bond acceptors (Lipinski definition) is 4. The van der Waals surface area contributed by atoms with Crippen molar-refractivity contribution in [3.63, 3.8) is 0 Å². The summed E-state index contributed by atoms with van der Waals surface area (Å²) in [6.45, 7) is 5.07. The van der Waals surface area contributed by atoms with Crippen LogP contribution in [0.5, 0.6) is 0 Å². The molecular formula is C10H20N2O3. The predicted octanol–water partition coefficient (Wildman–Crippen LogP) is -0.666. The lowest BCUT2D eigenvalue weighted by Gasteiger charge is -2.36. The third-order valence-electron chi connectivity index (χ3n) is 2.37.